The Morgan fingerprint density at radius 3 is 1.39 bits per heavy atom. The molecule has 0 aliphatic rings. The maximum Gasteiger partial charge on any atom is 0.369 e. The van der Waals surface area contributed by atoms with E-state index < -0.39 is 64.0 Å². The molecule has 0 heterocycles. The molecule has 4 rings (SSSR count). The first kappa shape index (κ1) is 48.0. The third-order valence-corrected chi connectivity index (χ3v) is 19.3. The third kappa shape index (κ3) is 12.2. The van der Waals surface area contributed by atoms with Crippen molar-refractivity contribution in [3.8, 4) is 11.5 Å². The van der Waals surface area contributed by atoms with Crippen molar-refractivity contribution in [2.75, 3.05) is 21.2 Å². The molecule has 0 bridgehead atoms. The summed E-state index contributed by atoms with van der Waals surface area (Å²) in [4.78, 5) is -0.989. The lowest BCUT2D eigenvalue weighted by atomic mass is 10.2. The van der Waals surface area contributed by atoms with Crippen molar-refractivity contribution in [3.05, 3.63) is 97.1 Å². The summed E-state index contributed by atoms with van der Waals surface area (Å²) in [7, 11) is -15.1. The van der Waals surface area contributed by atoms with E-state index in [0.717, 1.165) is 28.6 Å². The monoisotopic (exact) mass is 1030 g/mol. The molecule has 0 amide bonds. The van der Waals surface area contributed by atoms with Crippen LogP contribution in [0.5, 0.6) is 11.5 Å². The van der Waals surface area contributed by atoms with E-state index in [2.05, 4.69) is 56.4 Å². The summed E-state index contributed by atoms with van der Waals surface area (Å²) in [5.74, 6) is -0.763. The van der Waals surface area contributed by atoms with E-state index in [4.69, 9.17) is 9.88 Å². The number of benzene rings is 4. The van der Waals surface area contributed by atoms with Gasteiger partial charge in [-0.05, 0) is 53.8 Å². The topological polar surface area (TPSA) is 228 Å². The van der Waals surface area contributed by atoms with Gasteiger partial charge in [0, 0.05) is 12.1 Å². The summed E-state index contributed by atoms with van der Waals surface area (Å²) in [6.07, 6.45) is 0. The van der Waals surface area contributed by atoms with Gasteiger partial charge in [-0.2, -0.15) is 0 Å². The van der Waals surface area contributed by atoms with Crippen LogP contribution in [-0.2, 0) is 40.1 Å². The predicted molar refractivity (Wildman–Crippen MR) is 225 cm³/mol. The Bertz CT molecular complexity index is 2300. The second-order valence-corrected chi connectivity index (χ2v) is 30.1. The molecule has 0 saturated carbocycles. The summed E-state index contributed by atoms with van der Waals surface area (Å²) in [6, 6.07) is 25.7. The molecule has 4 aromatic carbocycles. The second kappa shape index (κ2) is 19.3. The van der Waals surface area contributed by atoms with Crippen LogP contribution in [0.2, 0.25) is 5.04 Å². The van der Waals surface area contributed by atoms with Gasteiger partial charge in [-0.3, -0.25) is 0 Å². The highest BCUT2D eigenvalue weighted by molar-refractivity contribution is 9.69. The number of primary sulfonamides is 1. The first-order chi connectivity index (χ1) is 24.8. The second-order valence-electron chi connectivity index (χ2n) is 12.0. The fourth-order valence-electron chi connectivity index (χ4n) is 5.11. The van der Waals surface area contributed by atoms with Gasteiger partial charge >= 0.3 is 3.18 Å². The maximum absolute atomic E-state index is 13.9. The Balaban J connectivity index is 0.000000418. The summed E-state index contributed by atoms with van der Waals surface area (Å²) in [6.45, 7) is 6.09. The Morgan fingerprint density at radius 1 is 0.667 bits per heavy atom. The average molecular weight is 1040 g/mol. The lowest BCUT2D eigenvalue weighted by molar-refractivity contribution is 0.401. The van der Waals surface area contributed by atoms with Crippen LogP contribution in [0.25, 0.3) is 0 Å². The number of phenolic OH excluding ortho intramolecular Hbond substituents is 1. The lowest BCUT2D eigenvalue weighted by Crippen LogP contribution is -2.74. The Morgan fingerprint density at radius 2 is 1.06 bits per heavy atom. The van der Waals surface area contributed by atoms with Crippen molar-refractivity contribution in [1.29, 1.82) is 0 Å². The fraction of sp³-hybridized carbons (Fsp3) is 0.226. The SMILES string of the molecule is BrB(Br)Br.CNS(=O)(=O)c1ccc(S(=O)(=O)N[Si](c2ccccc2)(c2ccccc2)C(C)(C)C)c(OC)c1.CNS(=O)(=O)c1ccc(S(N)(=O)=O)c(O)c1. The van der Waals surface area contributed by atoms with E-state index in [1.54, 1.807) is 0 Å². The van der Waals surface area contributed by atoms with E-state index in [1.807, 2.05) is 86.2 Å². The molecule has 296 valence electrons. The zero-order chi connectivity index (χ0) is 41.3. The summed E-state index contributed by atoms with van der Waals surface area (Å²) in [5.41, 5.74) is 0. The molecule has 0 aliphatic heterocycles. The molecule has 0 fully saturated rings. The van der Waals surface area contributed by atoms with Crippen LogP contribution in [0, 0.1) is 0 Å². The van der Waals surface area contributed by atoms with Crippen LogP contribution < -0.4 is 34.1 Å². The van der Waals surface area contributed by atoms with Crippen LogP contribution in [0.4, 0.5) is 0 Å². The van der Waals surface area contributed by atoms with Crippen LogP contribution in [0.3, 0.4) is 0 Å². The molecule has 0 radical (unpaired) electrons. The normalized spacial score (nSPS) is 12.4. The molecule has 0 unspecified atom stereocenters. The van der Waals surface area contributed by atoms with E-state index in [-0.39, 0.29) is 23.6 Å². The molecule has 0 saturated heterocycles. The number of phenols is 1. The average Bonchev–Trinajstić information content (AvgIpc) is 3.10. The predicted octanol–water partition coefficient (Wildman–Crippen LogP) is 3.55. The first-order valence-corrected chi connectivity index (χ1v) is 26.0. The fourth-order valence-corrected chi connectivity index (χ4v) is 15.5. The zero-order valence-corrected chi connectivity index (χ0v) is 38.8. The molecule has 0 spiro atoms. The number of hydrogen-bond acceptors (Lipinski definition) is 10. The van der Waals surface area contributed by atoms with E-state index in [1.165, 1.54) is 39.4 Å². The third-order valence-electron chi connectivity index (χ3n) is 7.65. The van der Waals surface area contributed by atoms with Crippen LogP contribution >= 0.6 is 47.3 Å². The first-order valence-electron chi connectivity index (χ1n) is 15.3. The summed E-state index contributed by atoms with van der Waals surface area (Å²) < 4.78 is 110. The highest BCUT2D eigenvalue weighted by atomic mass is 79.9. The summed E-state index contributed by atoms with van der Waals surface area (Å²) in [5, 5.41) is 15.5. The van der Waals surface area contributed by atoms with Gasteiger partial charge in [-0.15, -0.1) is 47.3 Å². The number of aromatic hydroxyl groups is 1. The molecule has 0 aliphatic carbocycles. The van der Waals surface area contributed by atoms with Crippen LogP contribution in [0.1, 0.15) is 20.8 Å². The number of rotatable bonds is 11. The number of sulfonamides is 4. The lowest BCUT2D eigenvalue weighted by Gasteiger charge is -2.43. The summed E-state index contributed by atoms with van der Waals surface area (Å²) >= 11 is 9.31. The molecule has 54 heavy (non-hydrogen) atoms. The van der Waals surface area contributed by atoms with Gasteiger partial charge in [-0.25, -0.2) is 52.6 Å². The molecule has 0 aromatic heterocycles. The Labute approximate surface area is 344 Å². The van der Waals surface area contributed by atoms with E-state index >= 15 is 0 Å². The molecule has 23 heteroatoms. The molecule has 6 N–H and O–H groups in total. The highest BCUT2D eigenvalue weighted by Gasteiger charge is 2.51. The number of hydrogen-bond donors (Lipinski definition) is 5. The van der Waals surface area contributed by atoms with Crippen molar-refractivity contribution >= 4 is 109 Å². The van der Waals surface area contributed by atoms with Gasteiger partial charge in [-0.1, -0.05) is 81.4 Å². The molecular weight excluding hydrogens is 995 g/mol. The minimum absolute atomic E-state index is 0.0539. The molecule has 14 nitrogen and oxygen atoms in total. The van der Waals surface area contributed by atoms with Crippen molar-refractivity contribution in [3.63, 3.8) is 0 Å². The van der Waals surface area contributed by atoms with Gasteiger partial charge in [0.15, 0.2) is 0 Å². The molecule has 0 atom stereocenters. The maximum atomic E-state index is 13.9. The highest BCUT2D eigenvalue weighted by Crippen LogP contribution is 2.36. The minimum Gasteiger partial charge on any atom is -0.506 e. The zero-order valence-electron chi connectivity index (χ0n) is 29.8. The van der Waals surface area contributed by atoms with Gasteiger partial charge in [0.25, 0.3) is 0 Å². The number of nitrogens with one attached hydrogen (secondary N) is 3. The molecule has 4 aromatic rings. The smallest absolute Gasteiger partial charge is 0.369 e. The van der Waals surface area contributed by atoms with Crippen molar-refractivity contribution in [2.45, 2.75) is 45.4 Å². The van der Waals surface area contributed by atoms with Gasteiger partial charge < -0.3 is 9.84 Å². The molecular formula is C31H40BBr3N4O10S4Si. The van der Waals surface area contributed by atoms with E-state index in [9.17, 15) is 38.8 Å². The number of methoxy groups -OCH3 is 1. The largest absolute Gasteiger partial charge is 0.506 e. The minimum atomic E-state index is -4.14. The van der Waals surface area contributed by atoms with E-state index in [0.29, 0.717) is 0 Å². The van der Waals surface area contributed by atoms with Crippen molar-refractivity contribution in [2.24, 2.45) is 5.14 Å². The van der Waals surface area contributed by atoms with Crippen LogP contribution in [0.15, 0.2) is 117 Å². The number of ether oxygens (including phenoxy) is 1. The van der Waals surface area contributed by atoms with Crippen molar-refractivity contribution < 1.29 is 43.5 Å². The van der Waals surface area contributed by atoms with Crippen LogP contribution in [-0.4, -0.2) is 71.4 Å². The number of nitrogens with two attached hydrogens (primary N) is 1. The van der Waals surface area contributed by atoms with Gasteiger partial charge in [0.1, 0.15) is 21.3 Å². The van der Waals surface area contributed by atoms with Gasteiger partial charge in [0.2, 0.25) is 48.3 Å². The number of halogens is 3. The van der Waals surface area contributed by atoms with Crippen molar-refractivity contribution in [1.82, 2.24) is 13.8 Å². The Hall–Kier alpha value is -2.16. The standard InChI is InChI=1S/C24H30N2O5S2Si.C7H10N2O5S2.BBr3/c1-24(2,3)34(20-12-8-6-9-13-20,21-14-10-7-11-15-21)26-33(29,30)23-17-16-19(18-22(23)31-5)32(27,28)25-4;1-9-16(13,14)5-2-3-7(6(10)4-5)15(8,11)12;2-1(3)4/h6-18,25-26H,1-5H3;2-4,9-10H,1H3,(H2,8,11,12);. The van der Waals surface area contributed by atoms with Gasteiger partial charge in [0.05, 0.1) is 16.9 Å². The quantitative estimate of drug-likeness (QED) is 0.137. The Kier molecular flexibility index (Phi) is 17.2.